The molecule has 7 heteroatoms. The zero-order chi connectivity index (χ0) is 13.0. The number of pyridine rings is 1. The van der Waals surface area contributed by atoms with Gasteiger partial charge in [-0.2, -0.15) is 0 Å². The maximum Gasteiger partial charge on any atom is 0.269 e. The van der Waals surface area contributed by atoms with E-state index in [1.807, 2.05) is 6.92 Å². The molecule has 18 heavy (non-hydrogen) atoms. The fourth-order valence-electron chi connectivity index (χ4n) is 1.38. The minimum atomic E-state index is -0.214. The first-order valence-electron chi connectivity index (χ1n) is 5.37. The van der Waals surface area contributed by atoms with Gasteiger partial charge in [-0.25, -0.2) is 4.98 Å². The summed E-state index contributed by atoms with van der Waals surface area (Å²) < 4.78 is 8.72. The number of hydrogen-bond donors (Lipinski definition) is 1. The lowest BCUT2D eigenvalue weighted by Gasteiger charge is -2.04. The van der Waals surface area contributed by atoms with Gasteiger partial charge in [-0.15, -0.1) is 5.10 Å². The average molecular weight is 264 g/mol. The van der Waals surface area contributed by atoms with E-state index >= 15 is 0 Å². The lowest BCUT2D eigenvalue weighted by Crippen LogP contribution is -2.12. The predicted octanol–water partition coefficient (Wildman–Crippen LogP) is 1.76. The first kappa shape index (κ1) is 12.4. The Morgan fingerprint density at radius 3 is 2.94 bits per heavy atom. The Hall–Kier alpha value is -2.02. The molecule has 0 spiro atoms. The quantitative estimate of drug-likeness (QED) is 0.910. The number of nitrogens with zero attached hydrogens (tertiary/aromatic N) is 3. The van der Waals surface area contributed by atoms with Gasteiger partial charge >= 0.3 is 0 Å². The normalized spacial score (nSPS) is 10.1. The number of methoxy groups -OCH3 is 1. The second kappa shape index (κ2) is 5.54. The summed E-state index contributed by atoms with van der Waals surface area (Å²) in [6.07, 6.45) is 2.22. The van der Waals surface area contributed by atoms with Gasteiger partial charge in [0.1, 0.15) is 4.88 Å². The molecular formula is C11H12N4O2S. The number of aryl methyl sites for hydroxylation is 1. The maximum atomic E-state index is 12.0. The third kappa shape index (κ3) is 2.62. The van der Waals surface area contributed by atoms with E-state index in [2.05, 4.69) is 19.9 Å². The SMILES string of the molecule is CCc1nnsc1C(=O)Nc1ccc(OC)nc1. The topological polar surface area (TPSA) is 77.0 Å². The van der Waals surface area contributed by atoms with Crippen molar-refractivity contribution in [1.82, 2.24) is 14.6 Å². The molecule has 0 aromatic carbocycles. The van der Waals surface area contributed by atoms with Crippen molar-refractivity contribution in [3.8, 4) is 5.88 Å². The molecule has 2 aromatic rings. The molecule has 0 bridgehead atoms. The van der Waals surface area contributed by atoms with E-state index in [0.29, 0.717) is 28.6 Å². The van der Waals surface area contributed by atoms with Crippen molar-refractivity contribution in [3.05, 3.63) is 28.9 Å². The molecule has 0 radical (unpaired) electrons. The number of ether oxygens (including phenoxy) is 1. The van der Waals surface area contributed by atoms with E-state index in [-0.39, 0.29) is 5.91 Å². The third-order valence-corrected chi connectivity index (χ3v) is 3.07. The number of rotatable bonds is 4. The fourth-order valence-corrected chi connectivity index (χ4v) is 2.02. The van der Waals surface area contributed by atoms with Gasteiger partial charge in [0.25, 0.3) is 5.91 Å². The number of hydrogen-bond acceptors (Lipinski definition) is 6. The van der Waals surface area contributed by atoms with Gasteiger partial charge in [-0.3, -0.25) is 4.79 Å². The Labute approximate surface area is 108 Å². The van der Waals surface area contributed by atoms with Gasteiger partial charge in [-0.05, 0) is 24.0 Å². The summed E-state index contributed by atoms with van der Waals surface area (Å²) in [6, 6.07) is 3.41. The lowest BCUT2D eigenvalue weighted by atomic mass is 10.3. The van der Waals surface area contributed by atoms with E-state index in [9.17, 15) is 4.79 Å². The van der Waals surface area contributed by atoms with E-state index < -0.39 is 0 Å². The molecule has 94 valence electrons. The highest BCUT2D eigenvalue weighted by molar-refractivity contribution is 7.08. The molecule has 1 amide bonds. The van der Waals surface area contributed by atoms with Crippen LogP contribution in [-0.2, 0) is 6.42 Å². The van der Waals surface area contributed by atoms with Crippen molar-refractivity contribution in [3.63, 3.8) is 0 Å². The smallest absolute Gasteiger partial charge is 0.269 e. The largest absolute Gasteiger partial charge is 0.481 e. The maximum absolute atomic E-state index is 12.0. The number of aromatic nitrogens is 3. The summed E-state index contributed by atoms with van der Waals surface area (Å²) in [5, 5.41) is 6.64. The average Bonchev–Trinajstić information content (AvgIpc) is 2.88. The second-order valence-electron chi connectivity index (χ2n) is 3.45. The first-order valence-corrected chi connectivity index (χ1v) is 6.14. The molecule has 2 rings (SSSR count). The van der Waals surface area contributed by atoms with Crippen molar-refractivity contribution >= 4 is 23.1 Å². The van der Waals surface area contributed by atoms with Crippen molar-refractivity contribution in [2.45, 2.75) is 13.3 Å². The van der Waals surface area contributed by atoms with E-state index in [1.54, 1.807) is 12.1 Å². The Balaban J connectivity index is 2.11. The van der Waals surface area contributed by atoms with Gasteiger partial charge in [0, 0.05) is 6.07 Å². The second-order valence-corrected chi connectivity index (χ2v) is 4.20. The standard InChI is InChI=1S/C11H12N4O2S/c1-3-8-10(18-15-14-8)11(16)13-7-4-5-9(17-2)12-6-7/h4-6H,3H2,1-2H3,(H,13,16). The summed E-state index contributed by atoms with van der Waals surface area (Å²) in [4.78, 5) is 16.5. The zero-order valence-corrected chi connectivity index (χ0v) is 10.8. The van der Waals surface area contributed by atoms with E-state index in [4.69, 9.17) is 4.74 Å². The molecule has 0 fully saturated rings. The van der Waals surface area contributed by atoms with Gasteiger partial charge in [-0.1, -0.05) is 11.4 Å². The van der Waals surface area contributed by atoms with Gasteiger partial charge < -0.3 is 10.1 Å². The van der Waals surface area contributed by atoms with E-state index in [1.165, 1.54) is 13.3 Å². The molecule has 0 saturated heterocycles. The van der Waals surface area contributed by atoms with Crippen LogP contribution in [0.4, 0.5) is 5.69 Å². The number of nitrogens with one attached hydrogen (secondary N) is 1. The summed E-state index contributed by atoms with van der Waals surface area (Å²) in [7, 11) is 1.54. The monoisotopic (exact) mass is 264 g/mol. The molecule has 1 N–H and O–H groups in total. The summed E-state index contributed by atoms with van der Waals surface area (Å²) in [6.45, 7) is 1.93. The van der Waals surface area contributed by atoms with Crippen molar-refractivity contribution in [1.29, 1.82) is 0 Å². The summed E-state index contributed by atoms with van der Waals surface area (Å²) >= 11 is 1.09. The van der Waals surface area contributed by atoms with Crippen LogP contribution in [0.3, 0.4) is 0 Å². The lowest BCUT2D eigenvalue weighted by molar-refractivity contribution is 0.102. The molecule has 0 saturated carbocycles. The van der Waals surface area contributed by atoms with Crippen LogP contribution in [0.1, 0.15) is 22.3 Å². The molecular weight excluding hydrogens is 252 g/mol. The number of anilines is 1. The molecule has 2 heterocycles. The van der Waals surface area contributed by atoms with Crippen molar-refractivity contribution in [2.24, 2.45) is 0 Å². The Morgan fingerprint density at radius 1 is 1.50 bits per heavy atom. The minimum Gasteiger partial charge on any atom is -0.481 e. The molecule has 0 unspecified atom stereocenters. The zero-order valence-electron chi connectivity index (χ0n) is 10.0. The van der Waals surface area contributed by atoms with Crippen LogP contribution < -0.4 is 10.1 Å². The number of amides is 1. The third-order valence-electron chi connectivity index (χ3n) is 2.30. The van der Waals surface area contributed by atoms with Crippen LogP contribution >= 0.6 is 11.5 Å². The highest BCUT2D eigenvalue weighted by Gasteiger charge is 2.15. The Morgan fingerprint density at radius 2 is 2.33 bits per heavy atom. The van der Waals surface area contributed by atoms with Crippen molar-refractivity contribution < 1.29 is 9.53 Å². The Bertz CT molecular complexity index is 538. The van der Waals surface area contributed by atoms with Crippen molar-refractivity contribution in [2.75, 3.05) is 12.4 Å². The molecule has 0 aliphatic rings. The summed E-state index contributed by atoms with van der Waals surface area (Å²) in [5.74, 6) is 0.288. The highest BCUT2D eigenvalue weighted by atomic mass is 32.1. The van der Waals surface area contributed by atoms with Gasteiger partial charge in [0.05, 0.1) is 24.7 Å². The van der Waals surface area contributed by atoms with Crippen LogP contribution in [0.5, 0.6) is 5.88 Å². The van der Waals surface area contributed by atoms with Crippen LogP contribution in [-0.4, -0.2) is 27.6 Å². The van der Waals surface area contributed by atoms with Crippen LogP contribution in [0.2, 0.25) is 0 Å². The first-order chi connectivity index (χ1) is 8.74. The van der Waals surface area contributed by atoms with Gasteiger partial charge in [0.2, 0.25) is 5.88 Å². The predicted molar refractivity (Wildman–Crippen MR) is 68.0 cm³/mol. The summed E-state index contributed by atoms with van der Waals surface area (Å²) in [5.41, 5.74) is 1.32. The molecule has 0 aliphatic heterocycles. The Kier molecular flexibility index (Phi) is 3.83. The van der Waals surface area contributed by atoms with Gasteiger partial charge in [0.15, 0.2) is 0 Å². The van der Waals surface area contributed by atoms with Crippen LogP contribution in [0.25, 0.3) is 0 Å². The van der Waals surface area contributed by atoms with Crippen LogP contribution in [0, 0.1) is 0 Å². The van der Waals surface area contributed by atoms with Crippen LogP contribution in [0.15, 0.2) is 18.3 Å². The molecule has 0 atom stereocenters. The number of carbonyl (C=O) groups is 1. The highest BCUT2D eigenvalue weighted by Crippen LogP contribution is 2.15. The molecule has 2 aromatic heterocycles. The number of carbonyl (C=O) groups excluding carboxylic acids is 1. The molecule has 6 nitrogen and oxygen atoms in total. The minimum absolute atomic E-state index is 0.214. The van der Waals surface area contributed by atoms with E-state index in [0.717, 1.165) is 11.5 Å². The molecule has 0 aliphatic carbocycles. The fraction of sp³-hybridized carbons (Fsp3) is 0.273.